The molecular formula is C28H23F3N8O3. The molecule has 14 heteroatoms. The lowest BCUT2D eigenvalue weighted by molar-refractivity contribution is -0.137. The molecule has 0 aliphatic carbocycles. The van der Waals surface area contributed by atoms with Crippen molar-refractivity contribution < 1.29 is 18.0 Å². The Labute approximate surface area is 235 Å². The monoisotopic (exact) mass is 576 g/mol. The van der Waals surface area contributed by atoms with Gasteiger partial charge in [0.05, 0.1) is 33.4 Å². The molecule has 1 amide bonds. The van der Waals surface area contributed by atoms with Gasteiger partial charge >= 0.3 is 11.9 Å². The van der Waals surface area contributed by atoms with Crippen LogP contribution in [0.3, 0.4) is 0 Å². The van der Waals surface area contributed by atoms with Crippen molar-refractivity contribution >= 4 is 39.3 Å². The van der Waals surface area contributed by atoms with E-state index in [-0.39, 0.29) is 33.7 Å². The van der Waals surface area contributed by atoms with Crippen LogP contribution in [0.4, 0.5) is 24.7 Å². The quantitative estimate of drug-likeness (QED) is 0.278. The predicted molar refractivity (Wildman–Crippen MR) is 151 cm³/mol. The number of amides is 1. The van der Waals surface area contributed by atoms with Crippen LogP contribution in [-0.2, 0) is 11.0 Å². The van der Waals surface area contributed by atoms with Crippen molar-refractivity contribution in [1.29, 1.82) is 0 Å². The third-order valence-corrected chi connectivity index (χ3v) is 6.94. The van der Waals surface area contributed by atoms with Crippen molar-refractivity contribution in [1.82, 2.24) is 29.8 Å². The maximum Gasteiger partial charge on any atom is 0.418 e. The maximum atomic E-state index is 14.3. The first-order chi connectivity index (χ1) is 20.1. The summed E-state index contributed by atoms with van der Waals surface area (Å²) in [4.78, 5) is 54.4. The molecule has 0 bridgehead atoms. The summed E-state index contributed by atoms with van der Waals surface area (Å²) in [6.07, 6.45) is -1.96. The number of anilines is 2. The predicted octanol–water partition coefficient (Wildman–Crippen LogP) is 3.07. The first-order valence-electron chi connectivity index (χ1n) is 13.0. The van der Waals surface area contributed by atoms with Gasteiger partial charge in [0.15, 0.2) is 0 Å². The molecule has 1 fully saturated rings. The van der Waals surface area contributed by atoms with Gasteiger partial charge in [-0.25, -0.2) is 14.8 Å². The molecule has 1 aliphatic heterocycles. The van der Waals surface area contributed by atoms with Crippen LogP contribution >= 0.6 is 0 Å². The van der Waals surface area contributed by atoms with Crippen molar-refractivity contribution in [2.24, 2.45) is 0 Å². The fourth-order valence-electron chi connectivity index (χ4n) is 5.05. The average molecular weight is 577 g/mol. The number of benzene rings is 1. The van der Waals surface area contributed by atoms with Crippen LogP contribution in [0.2, 0.25) is 0 Å². The number of piperazine rings is 1. The maximum absolute atomic E-state index is 14.3. The largest absolute Gasteiger partial charge is 0.418 e. The van der Waals surface area contributed by atoms with Crippen LogP contribution in [0.15, 0.2) is 64.4 Å². The number of hydrogen-bond acceptors (Lipinski definition) is 8. The lowest BCUT2D eigenvalue weighted by Gasteiger charge is -2.31. The van der Waals surface area contributed by atoms with Crippen LogP contribution in [0.25, 0.3) is 38.9 Å². The van der Waals surface area contributed by atoms with E-state index in [2.05, 4.69) is 30.6 Å². The summed E-state index contributed by atoms with van der Waals surface area (Å²) in [5, 5.41) is 5.67. The molecule has 1 aliphatic rings. The molecular weight excluding hydrogens is 553 g/mol. The summed E-state index contributed by atoms with van der Waals surface area (Å²) in [7, 11) is 0. The normalized spacial score (nSPS) is 14.0. The van der Waals surface area contributed by atoms with E-state index in [1.165, 1.54) is 31.5 Å². The summed E-state index contributed by atoms with van der Waals surface area (Å²) in [6.45, 7) is 3.24. The zero-order valence-electron chi connectivity index (χ0n) is 22.1. The van der Waals surface area contributed by atoms with Gasteiger partial charge in [-0.1, -0.05) is 0 Å². The van der Waals surface area contributed by atoms with Crippen LogP contribution in [0.5, 0.6) is 0 Å². The molecule has 0 saturated carbocycles. The van der Waals surface area contributed by atoms with E-state index in [9.17, 15) is 27.6 Å². The summed E-state index contributed by atoms with van der Waals surface area (Å²) in [5.74, 6) is 0.0544. The lowest BCUT2D eigenvalue weighted by Crippen LogP contribution is -2.44. The Kier molecular flexibility index (Phi) is 6.69. The number of halogens is 3. The number of aromatic amines is 1. The van der Waals surface area contributed by atoms with Crippen molar-refractivity contribution in [3.8, 4) is 16.9 Å². The van der Waals surface area contributed by atoms with E-state index in [0.717, 1.165) is 10.6 Å². The molecule has 5 aromatic rings. The van der Waals surface area contributed by atoms with E-state index in [1.807, 2.05) is 0 Å². The average Bonchev–Trinajstić information content (AvgIpc) is 2.97. The van der Waals surface area contributed by atoms with Gasteiger partial charge in [0.2, 0.25) is 5.91 Å². The van der Waals surface area contributed by atoms with Gasteiger partial charge in [-0.15, -0.1) is 0 Å². The Bertz CT molecular complexity index is 1960. The number of alkyl halides is 3. The van der Waals surface area contributed by atoms with Gasteiger partial charge in [-0.05, 0) is 42.5 Å². The number of fused-ring (bicyclic) bond motifs is 3. The number of carbonyl (C=O) groups excluding carboxylic acids is 1. The standard InChI is InChI=1S/C28H23F3N8O3/c1-15(40)35-23-7-2-16(13-34-23)20-4-5-21-24(36-20)25-18(14-33-21)26(41)37-27(42)39(25)17-3-6-22(19(12-17)28(29,30)31)38-10-8-32-9-11-38/h2-7,12-14,32H,8-11H2,1H3,(H,34,35,40)(H,37,41,42). The molecule has 42 heavy (non-hydrogen) atoms. The van der Waals surface area contributed by atoms with Crippen LogP contribution in [0, 0.1) is 0 Å². The van der Waals surface area contributed by atoms with Crippen LogP contribution in [-0.4, -0.2) is 56.6 Å². The second kappa shape index (κ2) is 10.4. The molecule has 0 radical (unpaired) electrons. The van der Waals surface area contributed by atoms with Gasteiger partial charge in [0.25, 0.3) is 5.56 Å². The molecule has 5 heterocycles. The minimum atomic E-state index is -4.71. The molecule has 6 rings (SSSR count). The number of aromatic nitrogens is 5. The Balaban J connectivity index is 1.57. The number of rotatable bonds is 4. The van der Waals surface area contributed by atoms with Gasteiger partial charge in [0.1, 0.15) is 11.3 Å². The van der Waals surface area contributed by atoms with Gasteiger partial charge in [-0.2, -0.15) is 13.2 Å². The summed E-state index contributed by atoms with van der Waals surface area (Å²) in [5.41, 5.74) is -1.21. The second-order valence-corrected chi connectivity index (χ2v) is 9.73. The topological polar surface area (TPSA) is 138 Å². The van der Waals surface area contributed by atoms with Gasteiger partial charge < -0.3 is 15.5 Å². The highest BCUT2D eigenvalue weighted by atomic mass is 19.4. The highest BCUT2D eigenvalue weighted by Gasteiger charge is 2.36. The Morgan fingerprint density at radius 1 is 1.00 bits per heavy atom. The molecule has 0 spiro atoms. The molecule has 1 aromatic carbocycles. The number of H-pyrrole nitrogens is 1. The molecule has 0 unspecified atom stereocenters. The van der Waals surface area contributed by atoms with Crippen molar-refractivity contribution in [2.45, 2.75) is 13.1 Å². The number of hydrogen-bond donors (Lipinski definition) is 3. The van der Waals surface area contributed by atoms with E-state index >= 15 is 0 Å². The number of carbonyl (C=O) groups is 1. The minimum absolute atomic E-state index is 0.0108. The Morgan fingerprint density at radius 2 is 1.79 bits per heavy atom. The van der Waals surface area contributed by atoms with E-state index in [0.29, 0.717) is 48.8 Å². The smallest absolute Gasteiger partial charge is 0.368 e. The number of pyridine rings is 3. The fraction of sp³-hybridized carbons (Fsp3) is 0.214. The summed E-state index contributed by atoms with van der Waals surface area (Å²) >= 11 is 0. The Morgan fingerprint density at radius 3 is 2.48 bits per heavy atom. The van der Waals surface area contributed by atoms with Crippen molar-refractivity contribution in [2.75, 3.05) is 36.4 Å². The Hall–Kier alpha value is -5.11. The highest BCUT2D eigenvalue weighted by molar-refractivity contribution is 6.01. The fourth-order valence-corrected chi connectivity index (χ4v) is 5.05. The SMILES string of the molecule is CC(=O)Nc1ccc(-c2ccc3ncc4c(=O)[nH]c(=O)n(-c5ccc(N6CCNCC6)c(C(F)(F)F)c5)c4c3n2)cn1. The second-order valence-electron chi connectivity index (χ2n) is 9.73. The van der Waals surface area contributed by atoms with Crippen molar-refractivity contribution in [3.05, 3.63) is 81.3 Å². The zero-order chi connectivity index (χ0) is 29.6. The van der Waals surface area contributed by atoms with E-state index in [4.69, 9.17) is 0 Å². The first kappa shape index (κ1) is 27.1. The summed E-state index contributed by atoms with van der Waals surface area (Å²) in [6, 6.07) is 10.2. The van der Waals surface area contributed by atoms with Crippen LogP contribution < -0.4 is 26.8 Å². The number of nitrogens with one attached hydrogen (secondary N) is 3. The molecule has 4 aromatic heterocycles. The van der Waals surface area contributed by atoms with Crippen molar-refractivity contribution in [3.63, 3.8) is 0 Å². The minimum Gasteiger partial charge on any atom is -0.368 e. The first-order valence-corrected chi connectivity index (χ1v) is 13.0. The van der Waals surface area contributed by atoms with Gasteiger partial charge in [0, 0.05) is 56.7 Å². The van der Waals surface area contributed by atoms with E-state index < -0.39 is 23.0 Å². The van der Waals surface area contributed by atoms with Gasteiger partial charge in [-0.3, -0.25) is 24.1 Å². The molecule has 3 N–H and O–H groups in total. The third-order valence-electron chi connectivity index (χ3n) is 6.94. The number of nitrogens with zero attached hydrogens (tertiary/aromatic N) is 5. The molecule has 11 nitrogen and oxygen atoms in total. The molecule has 214 valence electrons. The molecule has 1 saturated heterocycles. The molecule has 0 atom stereocenters. The van der Waals surface area contributed by atoms with E-state index in [1.54, 1.807) is 29.2 Å². The third kappa shape index (κ3) is 4.96. The summed E-state index contributed by atoms with van der Waals surface area (Å²) < 4.78 is 44.0. The van der Waals surface area contributed by atoms with Crippen LogP contribution in [0.1, 0.15) is 12.5 Å². The lowest BCUT2D eigenvalue weighted by atomic mass is 10.1. The zero-order valence-corrected chi connectivity index (χ0v) is 22.1. The highest BCUT2D eigenvalue weighted by Crippen LogP contribution is 2.38.